The summed E-state index contributed by atoms with van der Waals surface area (Å²) in [5, 5.41) is 12.7. The molecule has 1 atom stereocenters. The number of fused-ring (bicyclic) bond motifs is 1. The van der Waals surface area contributed by atoms with Crippen LogP contribution in [0.2, 0.25) is 0 Å². The number of carbonyl (C=O) groups is 1. The number of nitrogens with one attached hydrogen (secondary N) is 1. The van der Waals surface area contributed by atoms with Crippen molar-refractivity contribution in [3.8, 4) is 0 Å². The van der Waals surface area contributed by atoms with E-state index in [-0.39, 0.29) is 12.0 Å². The summed E-state index contributed by atoms with van der Waals surface area (Å²) in [6, 6.07) is 8.17. The molecular formula is C24H24FN3O3. The summed E-state index contributed by atoms with van der Waals surface area (Å²) in [7, 11) is 0. The van der Waals surface area contributed by atoms with Crippen LogP contribution in [0.25, 0.3) is 11.1 Å². The minimum absolute atomic E-state index is 0.304. The number of anilines is 2. The maximum Gasteiger partial charge on any atom is 0.260 e. The van der Waals surface area contributed by atoms with Crippen LogP contribution in [0.1, 0.15) is 37.8 Å². The number of benzene rings is 1. The van der Waals surface area contributed by atoms with Crippen LogP contribution in [-0.4, -0.2) is 40.8 Å². The van der Waals surface area contributed by atoms with Crippen molar-refractivity contribution in [3.05, 3.63) is 65.3 Å². The van der Waals surface area contributed by atoms with Gasteiger partial charge >= 0.3 is 0 Å². The van der Waals surface area contributed by atoms with Crippen molar-refractivity contribution in [3.63, 3.8) is 0 Å². The van der Waals surface area contributed by atoms with E-state index in [2.05, 4.69) is 15.2 Å². The Labute approximate surface area is 180 Å². The van der Waals surface area contributed by atoms with Gasteiger partial charge in [0.15, 0.2) is 0 Å². The summed E-state index contributed by atoms with van der Waals surface area (Å²) >= 11 is 0. The zero-order valence-corrected chi connectivity index (χ0v) is 17.5. The van der Waals surface area contributed by atoms with Gasteiger partial charge in [0, 0.05) is 30.4 Å². The first kappa shape index (κ1) is 19.8. The molecule has 6 nitrogen and oxygen atoms in total. The lowest BCUT2D eigenvalue weighted by molar-refractivity contribution is -0.111. The number of nitrogens with zero attached hydrogens (tertiary/aromatic N) is 2. The van der Waals surface area contributed by atoms with E-state index in [0.29, 0.717) is 29.1 Å². The second-order valence-electron chi connectivity index (χ2n) is 8.70. The topological polar surface area (TPSA) is 74.7 Å². The fourth-order valence-electron chi connectivity index (χ4n) is 4.53. The van der Waals surface area contributed by atoms with Crippen LogP contribution in [0.15, 0.2) is 48.4 Å². The number of β-amino-alcohol motifs (C(OH)–C–C–N with tert-alkyl or cyclic N) is 1. The van der Waals surface area contributed by atoms with Gasteiger partial charge in [-0.1, -0.05) is 0 Å². The molecule has 1 fully saturated rings. The summed E-state index contributed by atoms with van der Waals surface area (Å²) < 4.78 is 19.8. The number of halogens is 1. The number of aliphatic hydroxyl groups is 1. The van der Waals surface area contributed by atoms with Crippen molar-refractivity contribution in [2.24, 2.45) is 0 Å². The second-order valence-corrected chi connectivity index (χ2v) is 8.70. The number of amides is 1. The Hall–Kier alpha value is -3.19. The maximum atomic E-state index is 13.6. The number of hydrogen-bond donors (Lipinski definition) is 2. The molecule has 1 saturated heterocycles. The molecule has 3 aliphatic heterocycles. The smallest absolute Gasteiger partial charge is 0.260 e. The van der Waals surface area contributed by atoms with Crippen LogP contribution in [0.3, 0.4) is 0 Å². The van der Waals surface area contributed by atoms with Crippen molar-refractivity contribution in [2.75, 3.05) is 23.3 Å². The molecule has 1 amide bonds. The molecule has 5 rings (SSSR count). The lowest BCUT2D eigenvalue weighted by Gasteiger charge is -2.31. The van der Waals surface area contributed by atoms with E-state index in [1.807, 2.05) is 32.1 Å². The highest BCUT2D eigenvalue weighted by atomic mass is 19.1. The maximum absolute atomic E-state index is 13.6. The summed E-state index contributed by atoms with van der Waals surface area (Å²) in [5.74, 6) is 0.575. The number of aliphatic hydroxyl groups excluding tert-OH is 1. The largest absolute Gasteiger partial charge is 0.482 e. The second kappa shape index (κ2) is 7.20. The lowest BCUT2D eigenvalue weighted by Crippen LogP contribution is -2.38. The van der Waals surface area contributed by atoms with Crippen LogP contribution in [0, 0.1) is 5.82 Å². The van der Waals surface area contributed by atoms with Gasteiger partial charge in [-0.3, -0.25) is 4.79 Å². The van der Waals surface area contributed by atoms with Gasteiger partial charge in [-0.15, -0.1) is 0 Å². The van der Waals surface area contributed by atoms with Gasteiger partial charge in [0.2, 0.25) is 0 Å². The minimum atomic E-state index is -0.661. The molecule has 160 valence electrons. The Kier molecular flexibility index (Phi) is 4.59. The van der Waals surface area contributed by atoms with Gasteiger partial charge in [-0.05, 0) is 68.7 Å². The summed E-state index contributed by atoms with van der Waals surface area (Å²) in [4.78, 5) is 19.2. The number of pyridine rings is 1. The molecule has 3 aliphatic rings. The normalized spacial score (nSPS) is 24.5. The number of rotatable bonds is 2. The molecule has 4 heterocycles. The molecule has 0 aliphatic carbocycles. The first-order chi connectivity index (χ1) is 14.8. The minimum Gasteiger partial charge on any atom is -0.482 e. The highest BCUT2D eigenvalue weighted by Gasteiger charge is 2.38. The molecule has 0 radical (unpaired) electrons. The van der Waals surface area contributed by atoms with Gasteiger partial charge in [0.05, 0.1) is 17.4 Å². The predicted molar refractivity (Wildman–Crippen MR) is 117 cm³/mol. The molecule has 0 spiro atoms. The SMILES string of the molecule is CC1(C)O/C(=C2/C(=O)Nc3cc(F)ccc32)C=C1c1ccnc(N2CCCC(O)C2)c1. The third-order valence-corrected chi connectivity index (χ3v) is 6.04. The van der Waals surface area contributed by atoms with Gasteiger partial charge in [0.25, 0.3) is 5.91 Å². The number of ether oxygens (including phenoxy) is 1. The Bertz CT molecular complexity index is 1140. The van der Waals surface area contributed by atoms with E-state index in [1.54, 1.807) is 12.3 Å². The lowest BCUT2D eigenvalue weighted by atomic mass is 9.92. The molecule has 1 aromatic heterocycles. The van der Waals surface area contributed by atoms with Gasteiger partial charge < -0.3 is 20.1 Å². The van der Waals surface area contributed by atoms with Crippen molar-refractivity contribution >= 4 is 28.6 Å². The quantitative estimate of drug-likeness (QED) is 0.723. The zero-order chi connectivity index (χ0) is 21.8. The van der Waals surface area contributed by atoms with E-state index in [1.165, 1.54) is 12.1 Å². The first-order valence-electron chi connectivity index (χ1n) is 10.5. The average molecular weight is 421 g/mol. The third-order valence-electron chi connectivity index (χ3n) is 6.04. The number of carbonyl (C=O) groups excluding carboxylic acids is 1. The summed E-state index contributed by atoms with van der Waals surface area (Å²) in [6.07, 6.45) is 5.04. The van der Waals surface area contributed by atoms with Gasteiger partial charge in [-0.2, -0.15) is 0 Å². The number of allylic oxidation sites excluding steroid dienone is 1. The standard InChI is InChI=1S/C24H24FN3O3/c1-24(2)18(14-7-8-26-21(10-14)28-9-3-4-16(29)13-28)12-20(31-24)22-17-6-5-15(25)11-19(17)27-23(22)30/h5-8,10-12,16,29H,3-4,9,13H2,1-2H3,(H,27,30)/b22-20+. The molecule has 0 saturated carbocycles. The number of piperidine rings is 1. The summed E-state index contributed by atoms with van der Waals surface area (Å²) in [5.41, 5.74) is 2.71. The van der Waals surface area contributed by atoms with Crippen molar-refractivity contribution < 1.29 is 19.0 Å². The molecule has 1 aromatic carbocycles. The molecule has 0 bridgehead atoms. The highest BCUT2D eigenvalue weighted by molar-refractivity contribution is 6.32. The van der Waals surface area contributed by atoms with E-state index < -0.39 is 11.4 Å². The summed E-state index contributed by atoms with van der Waals surface area (Å²) in [6.45, 7) is 5.33. The third kappa shape index (κ3) is 3.49. The van der Waals surface area contributed by atoms with Gasteiger partial charge in [0.1, 0.15) is 23.0 Å². The van der Waals surface area contributed by atoms with Gasteiger partial charge in [-0.25, -0.2) is 9.37 Å². The molecular weight excluding hydrogens is 397 g/mol. The molecule has 7 heteroatoms. The molecule has 2 N–H and O–H groups in total. The fourth-order valence-corrected chi connectivity index (χ4v) is 4.53. The highest BCUT2D eigenvalue weighted by Crippen LogP contribution is 2.44. The fraction of sp³-hybridized carbons (Fsp3) is 0.333. The molecule has 31 heavy (non-hydrogen) atoms. The Morgan fingerprint density at radius 2 is 2.13 bits per heavy atom. The predicted octanol–water partition coefficient (Wildman–Crippen LogP) is 3.74. The van der Waals surface area contributed by atoms with E-state index in [0.717, 1.165) is 36.3 Å². The monoisotopic (exact) mass is 421 g/mol. The van der Waals surface area contributed by atoms with E-state index in [9.17, 15) is 14.3 Å². The van der Waals surface area contributed by atoms with Crippen LogP contribution < -0.4 is 10.2 Å². The van der Waals surface area contributed by atoms with Crippen LogP contribution in [-0.2, 0) is 9.53 Å². The average Bonchev–Trinajstić information content (AvgIpc) is 3.22. The Balaban J connectivity index is 1.55. The molecule has 2 aromatic rings. The van der Waals surface area contributed by atoms with Crippen molar-refractivity contribution in [2.45, 2.75) is 38.4 Å². The van der Waals surface area contributed by atoms with Crippen LogP contribution >= 0.6 is 0 Å². The Morgan fingerprint density at radius 3 is 2.94 bits per heavy atom. The Morgan fingerprint density at radius 1 is 1.29 bits per heavy atom. The first-order valence-corrected chi connectivity index (χ1v) is 10.5. The number of aromatic nitrogens is 1. The van der Waals surface area contributed by atoms with Crippen molar-refractivity contribution in [1.82, 2.24) is 4.98 Å². The van der Waals surface area contributed by atoms with E-state index in [4.69, 9.17) is 4.74 Å². The van der Waals surface area contributed by atoms with Crippen molar-refractivity contribution in [1.29, 1.82) is 0 Å². The van der Waals surface area contributed by atoms with Crippen LogP contribution in [0.5, 0.6) is 0 Å². The molecule has 1 unspecified atom stereocenters. The zero-order valence-electron chi connectivity index (χ0n) is 17.5. The van der Waals surface area contributed by atoms with E-state index >= 15 is 0 Å². The van der Waals surface area contributed by atoms with Crippen LogP contribution in [0.4, 0.5) is 15.9 Å². The number of hydrogen-bond acceptors (Lipinski definition) is 5.